The minimum atomic E-state index is 0.0357. The van der Waals surface area contributed by atoms with Crippen LogP contribution in [0, 0.1) is 0 Å². The van der Waals surface area contributed by atoms with Crippen LogP contribution in [0.3, 0.4) is 0 Å². The third-order valence-corrected chi connectivity index (χ3v) is 5.54. The number of nitrogens with zero attached hydrogens (tertiary/aromatic N) is 2. The van der Waals surface area contributed by atoms with Gasteiger partial charge in [-0.15, -0.1) is 0 Å². The first-order chi connectivity index (χ1) is 11.4. The van der Waals surface area contributed by atoms with E-state index in [2.05, 4.69) is 73.7 Å². The molecule has 0 saturated carbocycles. The Bertz CT molecular complexity index is 919. The molecule has 0 bridgehead atoms. The van der Waals surface area contributed by atoms with E-state index in [1.807, 2.05) is 29.7 Å². The molecule has 3 nitrogen and oxygen atoms in total. The summed E-state index contributed by atoms with van der Waals surface area (Å²) in [5.41, 5.74) is 6.10. The second kappa shape index (κ2) is 5.42. The Morgan fingerprint density at radius 1 is 0.958 bits per heavy atom. The number of fused-ring (bicyclic) bond motifs is 2. The van der Waals surface area contributed by atoms with Gasteiger partial charge in [0, 0.05) is 33.4 Å². The molecule has 0 amide bonds. The Labute approximate surface area is 147 Å². The first-order valence-electron chi connectivity index (χ1n) is 8.15. The number of nitrogens with one attached hydrogen (secondary N) is 1. The van der Waals surface area contributed by atoms with Gasteiger partial charge in [0.05, 0.1) is 23.3 Å². The zero-order valence-corrected chi connectivity index (χ0v) is 15.2. The summed E-state index contributed by atoms with van der Waals surface area (Å²) in [5.74, 6) is 0. The van der Waals surface area contributed by atoms with Crippen molar-refractivity contribution in [2.45, 2.75) is 36.0 Å². The smallest absolute Gasteiger partial charge is 0.0571 e. The van der Waals surface area contributed by atoms with E-state index in [9.17, 15) is 0 Å². The molecule has 0 fully saturated rings. The zero-order chi connectivity index (χ0) is 16.9. The van der Waals surface area contributed by atoms with Crippen molar-refractivity contribution >= 4 is 23.1 Å². The first-order valence-corrected chi connectivity index (χ1v) is 8.96. The molecule has 0 radical (unpaired) electrons. The minimum Gasteiger partial charge on any atom is -0.354 e. The zero-order valence-electron chi connectivity index (χ0n) is 14.4. The molecule has 0 saturated heterocycles. The van der Waals surface area contributed by atoms with Gasteiger partial charge in [-0.2, -0.15) is 5.10 Å². The third-order valence-electron chi connectivity index (χ3n) is 4.32. The number of hydrogen-bond acceptors (Lipinski definition) is 3. The van der Waals surface area contributed by atoms with Gasteiger partial charge < -0.3 is 5.32 Å². The predicted octanol–water partition coefficient (Wildman–Crippen LogP) is 5.59. The van der Waals surface area contributed by atoms with E-state index in [4.69, 9.17) is 0 Å². The number of rotatable bonds is 1. The molecule has 1 aliphatic rings. The Hall–Kier alpha value is -2.20. The second-order valence-electron chi connectivity index (χ2n) is 7.19. The SMILES string of the molecule is Cn1ncc(-c2cccc3c2Sc2ccccc2N3)c1C(C)(C)C. The van der Waals surface area contributed by atoms with E-state index in [-0.39, 0.29) is 5.41 Å². The van der Waals surface area contributed by atoms with Crippen LogP contribution in [0.25, 0.3) is 11.1 Å². The maximum Gasteiger partial charge on any atom is 0.0571 e. The van der Waals surface area contributed by atoms with Crippen molar-refractivity contribution in [3.05, 3.63) is 54.4 Å². The average molecular weight is 335 g/mol. The molecule has 24 heavy (non-hydrogen) atoms. The van der Waals surface area contributed by atoms with Gasteiger partial charge in [0.2, 0.25) is 0 Å². The topological polar surface area (TPSA) is 29.9 Å². The van der Waals surface area contributed by atoms with Gasteiger partial charge in [0.15, 0.2) is 0 Å². The largest absolute Gasteiger partial charge is 0.354 e. The summed E-state index contributed by atoms with van der Waals surface area (Å²) >= 11 is 1.83. The molecule has 122 valence electrons. The van der Waals surface area contributed by atoms with Crippen LogP contribution in [-0.2, 0) is 12.5 Å². The van der Waals surface area contributed by atoms with Crippen LogP contribution < -0.4 is 5.32 Å². The van der Waals surface area contributed by atoms with Gasteiger partial charge in [0.1, 0.15) is 0 Å². The fraction of sp³-hybridized carbons (Fsp3) is 0.250. The molecule has 2 aromatic carbocycles. The molecule has 1 aromatic heterocycles. The van der Waals surface area contributed by atoms with Crippen LogP contribution in [0.15, 0.2) is 58.5 Å². The highest BCUT2D eigenvalue weighted by Crippen LogP contribution is 2.49. The molecule has 1 aliphatic heterocycles. The average Bonchev–Trinajstić information content (AvgIpc) is 2.94. The molecule has 4 rings (SSSR count). The van der Waals surface area contributed by atoms with Gasteiger partial charge in [-0.1, -0.05) is 56.8 Å². The molecule has 3 aromatic rings. The van der Waals surface area contributed by atoms with Gasteiger partial charge in [0.25, 0.3) is 0 Å². The molecule has 0 spiro atoms. The summed E-state index contributed by atoms with van der Waals surface area (Å²) in [6, 6.07) is 14.9. The summed E-state index contributed by atoms with van der Waals surface area (Å²) in [4.78, 5) is 2.54. The summed E-state index contributed by atoms with van der Waals surface area (Å²) in [7, 11) is 2.03. The standard InChI is InChI=1S/C20H21N3S/c1-20(2,3)19-14(12-21-23(19)4)13-8-7-10-16-18(13)24-17-11-6-5-9-15(17)22-16/h5-12,22H,1-4H3. The van der Waals surface area contributed by atoms with Crippen molar-refractivity contribution in [3.63, 3.8) is 0 Å². The van der Waals surface area contributed by atoms with Crippen molar-refractivity contribution in [2.75, 3.05) is 5.32 Å². The molecule has 2 heterocycles. The highest BCUT2D eigenvalue weighted by atomic mass is 32.2. The molecule has 1 N–H and O–H groups in total. The fourth-order valence-corrected chi connectivity index (χ4v) is 4.51. The van der Waals surface area contributed by atoms with Crippen LogP contribution in [0.4, 0.5) is 11.4 Å². The van der Waals surface area contributed by atoms with Gasteiger partial charge >= 0.3 is 0 Å². The lowest BCUT2D eigenvalue weighted by Crippen LogP contribution is -2.17. The monoisotopic (exact) mass is 335 g/mol. The van der Waals surface area contributed by atoms with E-state index in [1.54, 1.807) is 0 Å². The summed E-state index contributed by atoms with van der Waals surface area (Å²) < 4.78 is 2.00. The van der Waals surface area contributed by atoms with E-state index in [0.717, 1.165) is 0 Å². The summed E-state index contributed by atoms with van der Waals surface area (Å²) in [6.07, 6.45) is 2.00. The first kappa shape index (κ1) is 15.3. The normalized spacial score (nSPS) is 13.2. The van der Waals surface area contributed by atoms with Crippen molar-refractivity contribution < 1.29 is 0 Å². The van der Waals surface area contributed by atoms with Crippen molar-refractivity contribution in [3.8, 4) is 11.1 Å². The summed E-state index contributed by atoms with van der Waals surface area (Å²) in [6.45, 7) is 6.72. The van der Waals surface area contributed by atoms with E-state index in [1.165, 1.54) is 38.0 Å². The Morgan fingerprint density at radius 2 is 1.71 bits per heavy atom. The quantitative estimate of drug-likeness (QED) is 0.491. The van der Waals surface area contributed by atoms with Crippen LogP contribution in [0.2, 0.25) is 0 Å². The fourth-order valence-electron chi connectivity index (χ4n) is 3.40. The number of hydrogen-bond donors (Lipinski definition) is 1. The van der Waals surface area contributed by atoms with Crippen LogP contribution in [0.1, 0.15) is 26.5 Å². The maximum atomic E-state index is 4.54. The molecular weight excluding hydrogens is 314 g/mol. The number of anilines is 2. The van der Waals surface area contributed by atoms with Crippen LogP contribution in [0.5, 0.6) is 0 Å². The van der Waals surface area contributed by atoms with Gasteiger partial charge in [-0.05, 0) is 18.2 Å². The second-order valence-corrected chi connectivity index (χ2v) is 8.24. The van der Waals surface area contributed by atoms with Crippen molar-refractivity contribution in [1.29, 1.82) is 0 Å². The molecule has 0 aliphatic carbocycles. The minimum absolute atomic E-state index is 0.0357. The Balaban J connectivity index is 1.89. The summed E-state index contributed by atoms with van der Waals surface area (Å²) in [5, 5.41) is 8.11. The number of aryl methyl sites for hydroxylation is 1. The Kier molecular flexibility index (Phi) is 3.46. The molecule has 0 unspecified atom stereocenters. The van der Waals surface area contributed by atoms with E-state index < -0.39 is 0 Å². The lowest BCUT2D eigenvalue weighted by molar-refractivity contribution is 0.524. The van der Waals surface area contributed by atoms with Crippen LogP contribution >= 0.6 is 11.8 Å². The number of aromatic nitrogens is 2. The van der Waals surface area contributed by atoms with Crippen molar-refractivity contribution in [1.82, 2.24) is 9.78 Å². The lowest BCUT2D eigenvalue weighted by atomic mass is 9.87. The number of benzene rings is 2. The molecule has 0 atom stereocenters. The number of para-hydroxylation sites is 1. The van der Waals surface area contributed by atoms with Crippen molar-refractivity contribution in [2.24, 2.45) is 7.05 Å². The van der Waals surface area contributed by atoms with Crippen LogP contribution in [-0.4, -0.2) is 9.78 Å². The highest BCUT2D eigenvalue weighted by Gasteiger charge is 2.26. The van der Waals surface area contributed by atoms with E-state index >= 15 is 0 Å². The van der Waals surface area contributed by atoms with Gasteiger partial charge in [-0.3, -0.25) is 4.68 Å². The molecule has 4 heteroatoms. The van der Waals surface area contributed by atoms with Gasteiger partial charge in [-0.25, -0.2) is 0 Å². The van der Waals surface area contributed by atoms with E-state index in [0.29, 0.717) is 0 Å². The Morgan fingerprint density at radius 3 is 2.50 bits per heavy atom. The highest BCUT2D eigenvalue weighted by molar-refractivity contribution is 8.00. The maximum absolute atomic E-state index is 4.54. The third kappa shape index (κ3) is 2.42. The lowest BCUT2D eigenvalue weighted by Gasteiger charge is -2.25. The predicted molar refractivity (Wildman–Crippen MR) is 101 cm³/mol. The molecular formula is C20H21N3S.